The fraction of sp³-hybridized carbons (Fsp3) is 0.286. The molecule has 0 atom stereocenters. The third kappa shape index (κ3) is 3.92. The van der Waals surface area contributed by atoms with Crippen molar-refractivity contribution in [2.45, 2.75) is 6.92 Å². The highest BCUT2D eigenvalue weighted by Gasteiger charge is 2.22. The molecule has 1 aromatic rings. The molecule has 1 aromatic carbocycles. The Hall–Kier alpha value is -1.62. The summed E-state index contributed by atoms with van der Waals surface area (Å²) >= 11 is 3.32. The molecule has 0 unspecified atom stereocenters. The largest absolute Gasteiger partial charge is 0.465 e. The Morgan fingerprint density at radius 1 is 1.32 bits per heavy atom. The van der Waals surface area contributed by atoms with Crippen LogP contribution in [0.1, 0.15) is 15.9 Å². The molecular weight excluding hydrogens is 310 g/mol. The molecule has 0 radical (unpaired) electrons. The first kappa shape index (κ1) is 15.4. The van der Waals surface area contributed by atoms with Gasteiger partial charge in [0.15, 0.2) is 0 Å². The van der Waals surface area contributed by atoms with E-state index < -0.39 is 5.97 Å². The van der Waals surface area contributed by atoms with Gasteiger partial charge in [0.1, 0.15) is 5.57 Å². The molecule has 0 aliphatic carbocycles. The Labute approximate surface area is 121 Å². The topological polar surface area (TPSA) is 46.6 Å². The second-order valence-corrected chi connectivity index (χ2v) is 5.20. The lowest BCUT2D eigenvalue weighted by Gasteiger charge is -2.11. The maximum Gasteiger partial charge on any atom is 0.343 e. The molecule has 19 heavy (non-hydrogen) atoms. The zero-order chi connectivity index (χ0) is 14.6. The SMILES string of the molecule is COC(=O)/C(=C/N(C)C)C(=O)c1cc(Br)ccc1C. The van der Waals surface area contributed by atoms with Crippen LogP contribution in [0.4, 0.5) is 0 Å². The standard InChI is InChI=1S/C14H16BrNO3/c1-9-5-6-10(15)7-11(9)13(17)12(8-16(2)3)14(18)19-4/h5-8H,1-4H3/b12-8+. The van der Waals surface area contributed by atoms with Crippen LogP contribution in [0.2, 0.25) is 0 Å². The van der Waals surface area contributed by atoms with E-state index in [0.29, 0.717) is 5.56 Å². The first-order valence-corrected chi connectivity index (χ1v) is 6.43. The van der Waals surface area contributed by atoms with E-state index in [-0.39, 0.29) is 11.4 Å². The minimum atomic E-state index is -0.641. The van der Waals surface area contributed by atoms with Crippen molar-refractivity contribution >= 4 is 27.7 Å². The van der Waals surface area contributed by atoms with Crippen molar-refractivity contribution in [1.29, 1.82) is 0 Å². The van der Waals surface area contributed by atoms with Gasteiger partial charge in [-0.25, -0.2) is 4.79 Å². The van der Waals surface area contributed by atoms with Crippen LogP contribution >= 0.6 is 15.9 Å². The molecule has 0 saturated heterocycles. The smallest absolute Gasteiger partial charge is 0.343 e. The molecule has 1 rings (SSSR count). The number of esters is 1. The molecule has 4 nitrogen and oxygen atoms in total. The van der Waals surface area contributed by atoms with E-state index in [1.807, 2.05) is 19.1 Å². The quantitative estimate of drug-likeness (QED) is 0.280. The second-order valence-electron chi connectivity index (χ2n) is 4.29. The highest BCUT2D eigenvalue weighted by Crippen LogP contribution is 2.19. The van der Waals surface area contributed by atoms with E-state index in [1.165, 1.54) is 13.3 Å². The van der Waals surface area contributed by atoms with Crippen molar-refractivity contribution in [3.05, 3.63) is 45.6 Å². The molecule has 0 aliphatic rings. The fourth-order valence-electron chi connectivity index (χ4n) is 1.56. The van der Waals surface area contributed by atoms with Crippen LogP contribution in [-0.4, -0.2) is 37.9 Å². The van der Waals surface area contributed by atoms with Crippen molar-refractivity contribution in [1.82, 2.24) is 4.90 Å². The Bertz CT molecular complexity index is 535. The number of nitrogens with zero attached hydrogens (tertiary/aromatic N) is 1. The minimum Gasteiger partial charge on any atom is -0.465 e. The third-order valence-corrected chi connectivity index (χ3v) is 2.97. The van der Waals surface area contributed by atoms with Crippen LogP contribution in [0.5, 0.6) is 0 Å². The first-order chi connectivity index (χ1) is 8.86. The fourth-order valence-corrected chi connectivity index (χ4v) is 1.92. The number of rotatable bonds is 4. The molecule has 0 amide bonds. The van der Waals surface area contributed by atoms with Crippen molar-refractivity contribution < 1.29 is 14.3 Å². The van der Waals surface area contributed by atoms with Crippen LogP contribution in [-0.2, 0) is 9.53 Å². The molecule has 0 heterocycles. The first-order valence-electron chi connectivity index (χ1n) is 5.64. The average molecular weight is 326 g/mol. The number of methoxy groups -OCH3 is 1. The van der Waals surface area contributed by atoms with Gasteiger partial charge in [0.25, 0.3) is 0 Å². The van der Waals surface area contributed by atoms with Crippen LogP contribution < -0.4 is 0 Å². The van der Waals surface area contributed by atoms with Gasteiger partial charge in [0, 0.05) is 30.3 Å². The Balaban J connectivity index is 3.27. The lowest BCUT2D eigenvalue weighted by molar-refractivity contribution is -0.135. The predicted octanol–water partition coefficient (Wildman–Crippen LogP) is 2.56. The average Bonchev–Trinajstić information content (AvgIpc) is 2.37. The molecule has 0 saturated carbocycles. The molecule has 0 fully saturated rings. The van der Waals surface area contributed by atoms with Crippen molar-refractivity contribution in [2.24, 2.45) is 0 Å². The predicted molar refractivity (Wildman–Crippen MR) is 77.0 cm³/mol. The van der Waals surface area contributed by atoms with E-state index in [1.54, 1.807) is 25.1 Å². The van der Waals surface area contributed by atoms with Crippen molar-refractivity contribution in [3.8, 4) is 0 Å². The number of ketones is 1. The summed E-state index contributed by atoms with van der Waals surface area (Å²) in [6.45, 7) is 1.82. The van der Waals surface area contributed by atoms with Gasteiger partial charge in [0.2, 0.25) is 5.78 Å². The Morgan fingerprint density at radius 2 is 1.95 bits per heavy atom. The maximum atomic E-state index is 12.4. The summed E-state index contributed by atoms with van der Waals surface area (Å²) in [5, 5.41) is 0. The number of carbonyl (C=O) groups is 2. The van der Waals surface area contributed by atoms with Crippen LogP contribution in [0.25, 0.3) is 0 Å². The summed E-state index contributed by atoms with van der Waals surface area (Å²) in [6, 6.07) is 5.37. The van der Waals surface area contributed by atoms with Gasteiger partial charge in [-0.1, -0.05) is 22.0 Å². The van der Waals surface area contributed by atoms with Gasteiger partial charge < -0.3 is 9.64 Å². The highest BCUT2D eigenvalue weighted by atomic mass is 79.9. The molecule has 102 valence electrons. The van der Waals surface area contributed by atoms with Crippen LogP contribution in [0.3, 0.4) is 0 Å². The molecular formula is C14H16BrNO3. The normalized spacial score (nSPS) is 11.1. The number of ether oxygens (including phenoxy) is 1. The van der Waals surface area contributed by atoms with E-state index >= 15 is 0 Å². The van der Waals surface area contributed by atoms with E-state index in [4.69, 9.17) is 0 Å². The lowest BCUT2D eigenvalue weighted by Crippen LogP contribution is -2.19. The molecule has 0 bridgehead atoms. The van der Waals surface area contributed by atoms with Crippen LogP contribution in [0.15, 0.2) is 34.4 Å². The van der Waals surface area contributed by atoms with Crippen molar-refractivity contribution in [3.63, 3.8) is 0 Å². The van der Waals surface area contributed by atoms with E-state index in [2.05, 4.69) is 20.7 Å². The molecule has 0 aliphatic heterocycles. The monoisotopic (exact) mass is 325 g/mol. The highest BCUT2D eigenvalue weighted by molar-refractivity contribution is 9.10. The number of Topliss-reactive ketones (excluding diaryl/α,β-unsaturated/α-hetero) is 1. The number of aryl methyl sites for hydroxylation is 1. The van der Waals surface area contributed by atoms with Gasteiger partial charge in [-0.3, -0.25) is 4.79 Å². The summed E-state index contributed by atoms with van der Waals surface area (Å²) < 4.78 is 5.45. The number of hydrogen-bond acceptors (Lipinski definition) is 4. The molecule has 0 spiro atoms. The maximum absolute atomic E-state index is 12.4. The van der Waals surface area contributed by atoms with Gasteiger partial charge >= 0.3 is 5.97 Å². The molecule has 0 aromatic heterocycles. The Morgan fingerprint density at radius 3 is 2.47 bits per heavy atom. The van der Waals surface area contributed by atoms with E-state index in [9.17, 15) is 9.59 Å². The molecule has 0 N–H and O–H groups in total. The number of carbonyl (C=O) groups excluding carboxylic acids is 2. The number of hydrogen-bond donors (Lipinski definition) is 0. The zero-order valence-electron chi connectivity index (χ0n) is 11.4. The Kier molecular flexibility index (Phi) is 5.30. The number of benzene rings is 1. The van der Waals surface area contributed by atoms with Crippen LogP contribution in [0, 0.1) is 6.92 Å². The lowest BCUT2D eigenvalue weighted by atomic mass is 9.99. The van der Waals surface area contributed by atoms with Gasteiger partial charge in [-0.2, -0.15) is 0 Å². The van der Waals surface area contributed by atoms with Gasteiger partial charge in [-0.05, 0) is 24.6 Å². The summed E-state index contributed by atoms with van der Waals surface area (Å²) in [6.07, 6.45) is 1.47. The number of halogens is 1. The zero-order valence-corrected chi connectivity index (χ0v) is 12.9. The van der Waals surface area contributed by atoms with Gasteiger partial charge in [0.05, 0.1) is 7.11 Å². The summed E-state index contributed by atoms with van der Waals surface area (Å²) in [5.74, 6) is -0.988. The summed E-state index contributed by atoms with van der Waals surface area (Å²) in [7, 11) is 4.74. The second kappa shape index (κ2) is 6.52. The van der Waals surface area contributed by atoms with E-state index in [0.717, 1.165) is 10.0 Å². The minimum absolute atomic E-state index is 0.00806. The van der Waals surface area contributed by atoms with Gasteiger partial charge in [-0.15, -0.1) is 0 Å². The van der Waals surface area contributed by atoms with Crippen molar-refractivity contribution in [2.75, 3.05) is 21.2 Å². The summed E-state index contributed by atoms with van der Waals surface area (Å²) in [5.41, 5.74) is 1.29. The third-order valence-electron chi connectivity index (χ3n) is 2.48. The summed E-state index contributed by atoms with van der Waals surface area (Å²) in [4.78, 5) is 25.8. The molecule has 5 heteroatoms.